The summed E-state index contributed by atoms with van der Waals surface area (Å²) >= 11 is 0. The average molecular weight is 251 g/mol. The quantitative estimate of drug-likeness (QED) is 0.811. The molecule has 17 heavy (non-hydrogen) atoms. The van der Waals surface area contributed by atoms with Crippen LogP contribution in [0.4, 0.5) is 17.6 Å². The highest BCUT2D eigenvalue weighted by molar-refractivity contribution is 5.30. The minimum absolute atomic E-state index is 0.233. The number of benzene rings is 1. The van der Waals surface area contributed by atoms with Gasteiger partial charge < -0.3 is 10.8 Å². The van der Waals surface area contributed by atoms with Crippen LogP contribution in [0.1, 0.15) is 30.5 Å². The third-order valence-electron chi connectivity index (χ3n) is 2.53. The summed E-state index contributed by atoms with van der Waals surface area (Å²) in [6.45, 7) is 1.61. The van der Waals surface area contributed by atoms with Crippen LogP contribution in [-0.4, -0.2) is 11.2 Å². The van der Waals surface area contributed by atoms with Crippen molar-refractivity contribution in [3.05, 3.63) is 35.1 Å². The fraction of sp³-hybridized carbons (Fsp3) is 0.455. The van der Waals surface area contributed by atoms with E-state index in [1.807, 2.05) is 0 Å². The van der Waals surface area contributed by atoms with Crippen LogP contribution in [0.15, 0.2) is 18.2 Å². The lowest BCUT2D eigenvalue weighted by Gasteiger charge is -2.20. The average Bonchev–Trinajstić information content (AvgIpc) is 2.25. The lowest BCUT2D eigenvalue weighted by Crippen LogP contribution is -2.27. The molecule has 0 bridgehead atoms. The zero-order valence-corrected chi connectivity index (χ0v) is 9.13. The Morgan fingerprint density at radius 2 is 1.94 bits per heavy atom. The zero-order chi connectivity index (χ0) is 13.2. The van der Waals surface area contributed by atoms with E-state index in [1.165, 1.54) is 0 Å². The van der Waals surface area contributed by atoms with Crippen molar-refractivity contribution < 1.29 is 22.7 Å². The molecule has 0 aromatic heterocycles. The minimum Gasteiger partial charge on any atom is -0.391 e. The van der Waals surface area contributed by atoms with Gasteiger partial charge in [-0.05, 0) is 12.5 Å². The van der Waals surface area contributed by atoms with Gasteiger partial charge in [0.2, 0.25) is 0 Å². The van der Waals surface area contributed by atoms with Gasteiger partial charge in [0.1, 0.15) is 5.82 Å². The van der Waals surface area contributed by atoms with Crippen molar-refractivity contribution in [2.24, 2.45) is 5.73 Å². The number of alkyl halides is 3. The number of aliphatic hydroxyl groups excluding tert-OH is 1. The van der Waals surface area contributed by atoms with Crippen LogP contribution in [0.3, 0.4) is 0 Å². The summed E-state index contributed by atoms with van der Waals surface area (Å²) in [5.41, 5.74) is 3.81. The van der Waals surface area contributed by atoms with E-state index in [1.54, 1.807) is 6.92 Å². The molecule has 6 heteroatoms. The maximum atomic E-state index is 13.6. The van der Waals surface area contributed by atoms with Gasteiger partial charge in [0.05, 0.1) is 17.7 Å². The molecule has 0 saturated carbocycles. The predicted octanol–water partition coefficient (Wildman–Crippen LogP) is 2.62. The van der Waals surface area contributed by atoms with Crippen molar-refractivity contribution in [3.63, 3.8) is 0 Å². The van der Waals surface area contributed by atoms with Crippen LogP contribution in [0, 0.1) is 5.82 Å². The highest BCUT2D eigenvalue weighted by Crippen LogP contribution is 2.34. The molecule has 2 nitrogen and oxygen atoms in total. The van der Waals surface area contributed by atoms with Gasteiger partial charge >= 0.3 is 6.18 Å². The molecule has 2 atom stereocenters. The van der Waals surface area contributed by atoms with E-state index in [-0.39, 0.29) is 12.0 Å². The number of aliphatic hydroxyl groups is 1. The summed E-state index contributed by atoms with van der Waals surface area (Å²) in [7, 11) is 0. The Morgan fingerprint density at radius 1 is 1.35 bits per heavy atom. The molecule has 0 aliphatic carbocycles. The van der Waals surface area contributed by atoms with Gasteiger partial charge in [0.15, 0.2) is 0 Å². The smallest absolute Gasteiger partial charge is 0.391 e. The van der Waals surface area contributed by atoms with Gasteiger partial charge in [-0.15, -0.1) is 0 Å². The summed E-state index contributed by atoms with van der Waals surface area (Å²) < 4.78 is 50.9. The van der Waals surface area contributed by atoms with E-state index in [2.05, 4.69) is 0 Å². The number of hydrogen-bond acceptors (Lipinski definition) is 2. The molecular weight excluding hydrogens is 238 g/mol. The molecule has 0 unspecified atom stereocenters. The van der Waals surface area contributed by atoms with E-state index < -0.39 is 29.7 Å². The van der Waals surface area contributed by atoms with E-state index in [4.69, 9.17) is 5.73 Å². The lowest BCUT2D eigenvalue weighted by atomic mass is 9.98. The molecule has 3 N–H and O–H groups in total. The van der Waals surface area contributed by atoms with Crippen molar-refractivity contribution in [2.45, 2.75) is 31.7 Å². The Labute approximate surface area is 96.1 Å². The van der Waals surface area contributed by atoms with Crippen LogP contribution < -0.4 is 5.73 Å². The standard InChI is InChI=1S/C11H13F4NO/c1-2-8(17)10(16)6-4-3-5-7(9(6)12)11(13,14)15/h3-5,8,10,17H,2,16H2,1H3/t8-,10+/m0/s1. The predicted molar refractivity (Wildman–Crippen MR) is 54.6 cm³/mol. The molecule has 0 radical (unpaired) electrons. The van der Waals surface area contributed by atoms with Gasteiger partial charge in [0.25, 0.3) is 0 Å². The third-order valence-corrected chi connectivity index (χ3v) is 2.53. The summed E-state index contributed by atoms with van der Waals surface area (Å²) in [5, 5.41) is 9.43. The maximum Gasteiger partial charge on any atom is 0.419 e. The molecule has 1 aromatic carbocycles. The van der Waals surface area contributed by atoms with Crippen LogP contribution in [0.2, 0.25) is 0 Å². The molecule has 1 aromatic rings. The Hall–Kier alpha value is -1.14. The zero-order valence-electron chi connectivity index (χ0n) is 9.13. The second-order valence-corrected chi connectivity index (χ2v) is 3.71. The minimum atomic E-state index is -4.77. The summed E-state index contributed by atoms with van der Waals surface area (Å²) in [4.78, 5) is 0. The van der Waals surface area contributed by atoms with Gasteiger partial charge in [-0.2, -0.15) is 13.2 Å². The van der Waals surface area contributed by atoms with Crippen LogP contribution in [-0.2, 0) is 6.18 Å². The van der Waals surface area contributed by atoms with Crippen molar-refractivity contribution in [2.75, 3.05) is 0 Å². The summed E-state index contributed by atoms with van der Waals surface area (Å²) in [6, 6.07) is 1.70. The second kappa shape index (κ2) is 5.01. The number of halogens is 4. The topological polar surface area (TPSA) is 46.2 Å². The Kier molecular flexibility index (Phi) is 4.11. The molecule has 0 fully saturated rings. The van der Waals surface area contributed by atoms with Crippen molar-refractivity contribution in [1.82, 2.24) is 0 Å². The summed E-state index contributed by atoms with van der Waals surface area (Å²) in [6.07, 6.45) is -5.61. The fourth-order valence-corrected chi connectivity index (χ4v) is 1.49. The lowest BCUT2D eigenvalue weighted by molar-refractivity contribution is -0.140. The molecule has 96 valence electrons. The number of hydrogen-bond donors (Lipinski definition) is 2. The van der Waals surface area contributed by atoms with Crippen LogP contribution >= 0.6 is 0 Å². The molecule has 0 spiro atoms. The molecule has 0 aliphatic heterocycles. The molecule has 0 amide bonds. The van der Waals surface area contributed by atoms with Gasteiger partial charge in [-0.1, -0.05) is 19.1 Å². The van der Waals surface area contributed by atoms with Crippen molar-refractivity contribution in [3.8, 4) is 0 Å². The van der Waals surface area contributed by atoms with Gasteiger partial charge in [-0.3, -0.25) is 0 Å². The molecule has 0 aliphatic rings. The highest BCUT2D eigenvalue weighted by atomic mass is 19.4. The first kappa shape index (κ1) is 13.9. The molecule has 0 heterocycles. The first-order valence-electron chi connectivity index (χ1n) is 5.08. The SMILES string of the molecule is CC[C@H](O)[C@H](N)c1cccc(C(F)(F)F)c1F. The first-order valence-corrected chi connectivity index (χ1v) is 5.08. The van der Waals surface area contributed by atoms with Gasteiger partial charge in [-0.25, -0.2) is 4.39 Å². The number of nitrogens with two attached hydrogens (primary N) is 1. The highest BCUT2D eigenvalue weighted by Gasteiger charge is 2.35. The van der Waals surface area contributed by atoms with E-state index >= 15 is 0 Å². The van der Waals surface area contributed by atoms with Crippen LogP contribution in [0.25, 0.3) is 0 Å². The van der Waals surface area contributed by atoms with Gasteiger partial charge in [0, 0.05) is 5.56 Å². The van der Waals surface area contributed by atoms with E-state index in [0.29, 0.717) is 6.07 Å². The van der Waals surface area contributed by atoms with Crippen molar-refractivity contribution >= 4 is 0 Å². The molecule has 0 saturated heterocycles. The normalized spacial score (nSPS) is 15.7. The Morgan fingerprint density at radius 3 is 2.41 bits per heavy atom. The second-order valence-electron chi connectivity index (χ2n) is 3.71. The van der Waals surface area contributed by atoms with E-state index in [9.17, 15) is 22.7 Å². The monoisotopic (exact) mass is 251 g/mol. The van der Waals surface area contributed by atoms with Crippen LogP contribution in [0.5, 0.6) is 0 Å². The first-order chi connectivity index (χ1) is 7.79. The Balaban J connectivity index is 3.19. The third kappa shape index (κ3) is 2.95. The van der Waals surface area contributed by atoms with Crippen molar-refractivity contribution in [1.29, 1.82) is 0 Å². The Bertz CT molecular complexity index is 392. The molecular formula is C11H13F4NO. The summed E-state index contributed by atoms with van der Waals surface area (Å²) in [5.74, 6) is -1.42. The number of rotatable bonds is 3. The van der Waals surface area contributed by atoms with E-state index in [0.717, 1.165) is 12.1 Å². The molecule has 1 rings (SSSR count). The largest absolute Gasteiger partial charge is 0.419 e. The fourth-order valence-electron chi connectivity index (χ4n) is 1.49. The maximum absolute atomic E-state index is 13.6.